The number of rotatable bonds is 3. The number of nitrogen functional groups attached to an aromatic ring is 1. The maximum Gasteiger partial charge on any atom is 0.253 e. The first-order valence-corrected chi connectivity index (χ1v) is 6.04. The van der Waals surface area contributed by atoms with Crippen molar-refractivity contribution in [2.75, 3.05) is 5.73 Å². The lowest BCUT2D eigenvalue weighted by Crippen LogP contribution is -2.23. The number of halogens is 1. The number of pyridine rings is 2. The fourth-order valence-corrected chi connectivity index (χ4v) is 1.72. The minimum Gasteiger partial charge on any atom is -0.382 e. The number of anilines is 1. The normalized spacial score (nSPS) is 10.2. The summed E-state index contributed by atoms with van der Waals surface area (Å²) in [5.74, 6) is -0.0335. The van der Waals surface area contributed by atoms with Crippen LogP contribution in [-0.4, -0.2) is 15.9 Å². The van der Waals surface area contributed by atoms with Crippen LogP contribution >= 0.6 is 11.6 Å². The molecule has 3 N–H and O–H groups in total. The molecule has 0 unspecified atom stereocenters. The Morgan fingerprint density at radius 1 is 1.47 bits per heavy atom. The molecule has 1 amide bonds. The van der Waals surface area contributed by atoms with Gasteiger partial charge in [-0.2, -0.15) is 0 Å². The number of aryl methyl sites for hydroxylation is 1. The van der Waals surface area contributed by atoms with Gasteiger partial charge in [-0.1, -0.05) is 11.6 Å². The molecule has 0 fully saturated rings. The molecule has 2 aromatic rings. The molecule has 0 aliphatic carbocycles. The molecule has 2 heterocycles. The van der Waals surface area contributed by atoms with Crippen molar-refractivity contribution in [3.05, 3.63) is 52.4 Å². The Labute approximate surface area is 115 Å². The summed E-state index contributed by atoms with van der Waals surface area (Å²) >= 11 is 5.82. The van der Waals surface area contributed by atoms with Gasteiger partial charge in [0, 0.05) is 25.1 Å². The predicted octanol–water partition coefficient (Wildman–Crippen LogP) is 1.95. The Kier molecular flexibility index (Phi) is 3.97. The molecule has 0 aliphatic heterocycles. The maximum absolute atomic E-state index is 11.9. The number of carbonyl (C=O) groups excluding carboxylic acids is 1. The lowest BCUT2D eigenvalue weighted by atomic mass is 10.1. The zero-order valence-corrected chi connectivity index (χ0v) is 11.1. The lowest BCUT2D eigenvalue weighted by Gasteiger charge is -2.08. The number of nitrogens with two attached hydrogens (primary N) is 1. The molecule has 0 saturated heterocycles. The number of amides is 1. The zero-order valence-electron chi connectivity index (χ0n) is 10.4. The van der Waals surface area contributed by atoms with Crippen LogP contribution in [0, 0.1) is 6.92 Å². The number of hydrogen-bond acceptors (Lipinski definition) is 4. The monoisotopic (exact) mass is 276 g/mol. The molecule has 98 valence electrons. The third-order valence-electron chi connectivity index (χ3n) is 2.71. The van der Waals surface area contributed by atoms with Crippen molar-refractivity contribution in [1.82, 2.24) is 15.3 Å². The first kappa shape index (κ1) is 13.3. The van der Waals surface area contributed by atoms with Crippen LogP contribution in [0.3, 0.4) is 0 Å². The van der Waals surface area contributed by atoms with Crippen LogP contribution in [0.25, 0.3) is 0 Å². The van der Waals surface area contributed by atoms with Gasteiger partial charge in [0.2, 0.25) is 0 Å². The Hall–Kier alpha value is -2.14. The van der Waals surface area contributed by atoms with Crippen molar-refractivity contribution < 1.29 is 4.79 Å². The molecular formula is C13H13ClN4O. The molecule has 0 saturated carbocycles. The highest BCUT2D eigenvalue weighted by Crippen LogP contribution is 2.16. The van der Waals surface area contributed by atoms with E-state index in [1.165, 1.54) is 12.3 Å². The standard InChI is InChI=1S/C13H13ClN4O/c1-8-5-16-3-2-9(8)6-18-13(19)10-4-11(14)12(15)17-7-10/h2-5,7H,6H2,1H3,(H2,15,17)(H,18,19). The van der Waals surface area contributed by atoms with Crippen molar-refractivity contribution in [1.29, 1.82) is 0 Å². The van der Waals surface area contributed by atoms with Crippen molar-refractivity contribution >= 4 is 23.3 Å². The van der Waals surface area contributed by atoms with Crippen molar-refractivity contribution in [3.8, 4) is 0 Å². The summed E-state index contributed by atoms with van der Waals surface area (Å²) in [5, 5.41) is 3.07. The van der Waals surface area contributed by atoms with Gasteiger partial charge in [0.05, 0.1) is 10.6 Å². The summed E-state index contributed by atoms with van der Waals surface area (Å²) in [6.07, 6.45) is 4.84. The average molecular weight is 277 g/mol. The van der Waals surface area contributed by atoms with Crippen molar-refractivity contribution in [2.24, 2.45) is 0 Å². The lowest BCUT2D eigenvalue weighted by molar-refractivity contribution is 0.0950. The summed E-state index contributed by atoms with van der Waals surface area (Å²) in [7, 11) is 0. The first-order valence-electron chi connectivity index (χ1n) is 5.66. The van der Waals surface area contributed by atoms with Gasteiger partial charge in [0.1, 0.15) is 5.82 Å². The molecule has 6 heteroatoms. The van der Waals surface area contributed by atoms with Gasteiger partial charge in [0.25, 0.3) is 5.91 Å². The van der Waals surface area contributed by atoms with E-state index in [0.717, 1.165) is 11.1 Å². The Bertz CT molecular complexity index is 615. The predicted molar refractivity (Wildman–Crippen MR) is 73.8 cm³/mol. The Morgan fingerprint density at radius 3 is 2.95 bits per heavy atom. The van der Waals surface area contributed by atoms with E-state index in [1.54, 1.807) is 12.4 Å². The van der Waals surface area contributed by atoms with E-state index in [0.29, 0.717) is 12.1 Å². The molecule has 2 rings (SSSR count). The van der Waals surface area contributed by atoms with E-state index >= 15 is 0 Å². The van der Waals surface area contributed by atoms with Gasteiger partial charge in [-0.05, 0) is 30.2 Å². The van der Waals surface area contributed by atoms with E-state index in [9.17, 15) is 4.79 Å². The molecule has 2 aromatic heterocycles. The van der Waals surface area contributed by atoms with Crippen LogP contribution in [0.1, 0.15) is 21.5 Å². The molecule has 0 aliphatic rings. The summed E-state index contributed by atoms with van der Waals surface area (Å²) in [5.41, 5.74) is 7.91. The minimum atomic E-state index is -0.245. The van der Waals surface area contributed by atoms with Crippen molar-refractivity contribution in [3.63, 3.8) is 0 Å². The van der Waals surface area contributed by atoms with E-state index in [1.807, 2.05) is 13.0 Å². The first-order chi connectivity index (χ1) is 9.08. The van der Waals surface area contributed by atoms with E-state index < -0.39 is 0 Å². The average Bonchev–Trinajstić information content (AvgIpc) is 2.40. The molecule has 0 radical (unpaired) electrons. The second kappa shape index (κ2) is 5.67. The van der Waals surface area contributed by atoms with Crippen LogP contribution in [0.4, 0.5) is 5.82 Å². The van der Waals surface area contributed by atoms with Crippen LogP contribution in [0.5, 0.6) is 0 Å². The summed E-state index contributed by atoms with van der Waals surface area (Å²) in [4.78, 5) is 19.8. The van der Waals surface area contributed by atoms with E-state index in [2.05, 4.69) is 15.3 Å². The largest absolute Gasteiger partial charge is 0.382 e. The van der Waals surface area contributed by atoms with E-state index in [-0.39, 0.29) is 16.7 Å². The number of carbonyl (C=O) groups is 1. The second-order valence-corrected chi connectivity index (χ2v) is 4.48. The summed E-state index contributed by atoms with van der Waals surface area (Å²) < 4.78 is 0. The molecular weight excluding hydrogens is 264 g/mol. The van der Waals surface area contributed by atoms with Crippen LogP contribution in [0.2, 0.25) is 5.02 Å². The third kappa shape index (κ3) is 3.20. The fraction of sp³-hybridized carbons (Fsp3) is 0.154. The van der Waals surface area contributed by atoms with Gasteiger partial charge in [-0.3, -0.25) is 9.78 Å². The molecule has 19 heavy (non-hydrogen) atoms. The van der Waals surface area contributed by atoms with Crippen LogP contribution in [-0.2, 0) is 6.54 Å². The Balaban J connectivity index is 2.05. The maximum atomic E-state index is 11.9. The highest BCUT2D eigenvalue weighted by Gasteiger charge is 2.08. The highest BCUT2D eigenvalue weighted by molar-refractivity contribution is 6.33. The van der Waals surface area contributed by atoms with Gasteiger partial charge < -0.3 is 11.1 Å². The SMILES string of the molecule is Cc1cnccc1CNC(=O)c1cnc(N)c(Cl)c1. The minimum absolute atomic E-state index is 0.211. The van der Waals surface area contributed by atoms with Gasteiger partial charge in [0.15, 0.2) is 0 Å². The number of aromatic nitrogens is 2. The smallest absolute Gasteiger partial charge is 0.253 e. The fourth-order valence-electron chi connectivity index (χ4n) is 1.55. The number of nitrogens with one attached hydrogen (secondary N) is 1. The molecule has 5 nitrogen and oxygen atoms in total. The van der Waals surface area contributed by atoms with Gasteiger partial charge >= 0.3 is 0 Å². The van der Waals surface area contributed by atoms with Crippen molar-refractivity contribution in [2.45, 2.75) is 13.5 Å². The van der Waals surface area contributed by atoms with E-state index in [4.69, 9.17) is 17.3 Å². The Morgan fingerprint density at radius 2 is 2.26 bits per heavy atom. The molecule has 0 aromatic carbocycles. The summed E-state index contributed by atoms with van der Waals surface area (Å²) in [6, 6.07) is 3.36. The topological polar surface area (TPSA) is 80.9 Å². The quantitative estimate of drug-likeness (QED) is 0.898. The van der Waals surface area contributed by atoms with Crippen LogP contribution < -0.4 is 11.1 Å². The van der Waals surface area contributed by atoms with Gasteiger partial charge in [-0.15, -0.1) is 0 Å². The van der Waals surface area contributed by atoms with Crippen LogP contribution in [0.15, 0.2) is 30.7 Å². The highest BCUT2D eigenvalue weighted by atomic mass is 35.5. The summed E-state index contributed by atoms with van der Waals surface area (Å²) in [6.45, 7) is 2.37. The third-order valence-corrected chi connectivity index (χ3v) is 3.01. The zero-order chi connectivity index (χ0) is 13.8. The second-order valence-electron chi connectivity index (χ2n) is 4.08. The molecule has 0 spiro atoms. The molecule has 0 atom stereocenters. The van der Waals surface area contributed by atoms with Gasteiger partial charge in [-0.25, -0.2) is 4.98 Å². The molecule has 0 bridgehead atoms. The number of nitrogens with zero attached hydrogens (tertiary/aromatic N) is 2. The number of hydrogen-bond donors (Lipinski definition) is 2.